The minimum absolute atomic E-state index is 0.183. The lowest BCUT2D eigenvalue weighted by Gasteiger charge is -2.33. The molecule has 1 saturated heterocycles. The number of hydrogen-bond donors (Lipinski definition) is 2. The van der Waals surface area contributed by atoms with Gasteiger partial charge in [-0.25, -0.2) is 4.68 Å². The van der Waals surface area contributed by atoms with Crippen LogP contribution in [-0.4, -0.2) is 53.0 Å². The van der Waals surface area contributed by atoms with Crippen LogP contribution in [0.3, 0.4) is 0 Å². The Labute approximate surface area is 193 Å². The van der Waals surface area contributed by atoms with Crippen LogP contribution in [0.5, 0.6) is 11.5 Å². The van der Waals surface area contributed by atoms with Crippen molar-refractivity contribution in [3.8, 4) is 11.5 Å². The first kappa shape index (κ1) is 22.8. The second-order valence-electron chi connectivity index (χ2n) is 8.18. The molecule has 2 aromatic carbocycles. The molecular weight excluding hydrogens is 420 g/mol. The molecule has 1 unspecified atom stereocenters. The van der Waals surface area contributed by atoms with Crippen molar-refractivity contribution in [3.63, 3.8) is 0 Å². The van der Waals surface area contributed by atoms with Crippen molar-refractivity contribution in [2.45, 2.75) is 31.5 Å². The van der Waals surface area contributed by atoms with Crippen LogP contribution in [0, 0.1) is 0 Å². The van der Waals surface area contributed by atoms with Crippen LogP contribution in [-0.2, 0) is 16.1 Å². The summed E-state index contributed by atoms with van der Waals surface area (Å²) in [4.78, 5) is 15.2. The fourth-order valence-electron chi connectivity index (χ4n) is 4.30. The van der Waals surface area contributed by atoms with Crippen LogP contribution < -0.4 is 10.1 Å². The molecule has 4 rings (SSSR count). The van der Waals surface area contributed by atoms with Gasteiger partial charge in [0.2, 0.25) is 0 Å². The topological polar surface area (TPSA) is 88.9 Å². The number of rotatable bonds is 8. The van der Waals surface area contributed by atoms with Gasteiger partial charge in [-0.3, -0.25) is 9.69 Å². The van der Waals surface area contributed by atoms with E-state index in [1.165, 1.54) is 7.11 Å². The Hall–Kier alpha value is -3.36. The number of carbonyl (C=O) groups excluding carboxylic acids is 1. The molecule has 1 amide bonds. The monoisotopic (exact) mass is 450 g/mol. The molecule has 1 aliphatic rings. The average molecular weight is 451 g/mol. The third-order valence-electron chi connectivity index (χ3n) is 6.08. The van der Waals surface area contributed by atoms with Crippen molar-refractivity contribution >= 4 is 11.7 Å². The molecule has 1 atom stereocenters. The molecule has 2 heterocycles. The van der Waals surface area contributed by atoms with Crippen molar-refractivity contribution in [2.24, 2.45) is 0 Å². The normalized spacial score (nSPS) is 15.8. The van der Waals surface area contributed by atoms with E-state index in [9.17, 15) is 9.90 Å². The van der Waals surface area contributed by atoms with Crippen molar-refractivity contribution in [3.05, 3.63) is 71.9 Å². The number of hydrogen-bond acceptors (Lipinski definition) is 6. The number of likely N-dealkylation sites (tertiary alicyclic amines) is 1. The highest BCUT2D eigenvalue weighted by molar-refractivity contribution is 5.94. The number of ether oxygens (including phenoxy) is 2. The third-order valence-corrected chi connectivity index (χ3v) is 6.08. The van der Waals surface area contributed by atoms with Crippen molar-refractivity contribution < 1.29 is 19.4 Å². The number of aromatic hydroxyl groups is 1. The van der Waals surface area contributed by atoms with E-state index in [-0.39, 0.29) is 17.7 Å². The second kappa shape index (κ2) is 10.5. The summed E-state index contributed by atoms with van der Waals surface area (Å²) in [6.45, 7) is 2.38. The molecule has 0 aliphatic carbocycles. The molecule has 0 radical (unpaired) electrons. The number of amides is 1. The fraction of sp³-hybridized carbons (Fsp3) is 0.360. The molecule has 0 spiro atoms. The van der Waals surface area contributed by atoms with Gasteiger partial charge in [0, 0.05) is 38.4 Å². The highest BCUT2D eigenvalue weighted by atomic mass is 16.5. The van der Waals surface area contributed by atoms with Gasteiger partial charge in [-0.15, -0.1) is 0 Å². The quantitative estimate of drug-likeness (QED) is 0.543. The van der Waals surface area contributed by atoms with E-state index in [1.807, 2.05) is 47.1 Å². The zero-order valence-electron chi connectivity index (χ0n) is 19.0. The number of benzene rings is 2. The standard InChI is InChI=1S/C25H30N4O4/c1-32-21-8-9-22(30)19(16-21)17-28-14-11-20(12-15-28)29-23(10-13-26-29)27-25(31)24(33-2)18-6-4-3-5-7-18/h3-10,13,16,20,24,30H,11-12,14-15,17H2,1-2H3,(H,27,31). The first-order valence-corrected chi connectivity index (χ1v) is 11.1. The van der Waals surface area contributed by atoms with Gasteiger partial charge in [-0.05, 0) is 36.6 Å². The molecule has 2 N–H and O–H groups in total. The lowest BCUT2D eigenvalue weighted by Crippen LogP contribution is -2.35. The number of nitrogens with one attached hydrogen (secondary N) is 1. The lowest BCUT2D eigenvalue weighted by molar-refractivity contribution is -0.126. The molecule has 0 saturated carbocycles. The number of aromatic nitrogens is 2. The molecule has 1 aliphatic heterocycles. The molecule has 174 valence electrons. The van der Waals surface area contributed by atoms with Crippen LogP contribution in [0.2, 0.25) is 0 Å². The fourth-order valence-corrected chi connectivity index (χ4v) is 4.30. The van der Waals surface area contributed by atoms with E-state index in [4.69, 9.17) is 9.47 Å². The summed E-state index contributed by atoms with van der Waals surface area (Å²) < 4.78 is 12.6. The third kappa shape index (κ3) is 5.35. The minimum atomic E-state index is -0.688. The molecule has 1 fully saturated rings. The Kier molecular flexibility index (Phi) is 7.26. The Morgan fingerprint density at radius 3 is 2.61 bits per heavy atom. The predicted octanol–water partition coefficient (Wildman–Crippen LogP) is 3.76. The number of piperidine rings is 1. The average Bonchev–Trinajstić information content (AvgIpc) is 3.30. The zero-order chi connectivity index (χ0) is 23.2. The number of carbonyl (C=O) groups is 1. The maximum absolute atomic E-state index is 12.9. The minimum Gasteiger partial charge on any atom is -0.508 e. The maximum Gasteiger partial charge on any atom is 0.259 e. The van der Waals surface area contributed by atoms with Gasteiger partial charge < -0.3 is 19.9 Å². The van der Waals surface area contributed by atoms with Crippen molar-refractivity contribution in [1.82, 2.24) is 14.7 Å². The molecule has 8 heteroatoms. The van der Waals surface area contributed by atoms with Crippen LogP contribution in [0.1, 0.15) is 36.1 Å². The number of methoxy groups -OCH3 is 2. The van der Waals surface area contributed by atoms with E-state index in [0.717, 1.165) is 42.8 Å². The van der Waals surface area contributed by atoms with Gasteiger partial charge in [-0.1, -0.05) is 30.3 Å². The SMILES string of the molecule is COc1ccc(O)c(CN2CCC(n3nccc3NC(=O)C(OC)c3ccccc3)CC2)c1. The van der Waals surface area contributed by atoms with Gasteiger partial charge in [0.15, 0.2) is 6.10 Å². The van der Waals surface area contributed by atoms with Gasteiger partial charge in [0.1, 0.15) is 17.3 Å². The highest BCUT2D eigenvalue weighted by Gasteiger charge is 2.26. The van der Waals surface area contributed by atoms with Crippen LogP contribution >= 0.6 is 0 Å². The molecule has 8 nitrogen and oxygen atoms in total. The predicted molar refractivity (Wildman–Crippen MR) is 125 cm³/mol. The van der Waals surface area contributed by atoms with Gasteiger partial charge >= 0.3 is 0 Å². The van der Waals surface area contributed by atoms with E-state index < -0.39 is 6.10 Å². The molecule has 3 aromatic rings. The summed E-state index contributed by atoms with van der Waals surface area (Å²) in [5, 5.41) is 17.7. The first-order chi connectivity index (χ1) is 16.1. The summed E-state index contributed by atoms with van der Waals surface area (Å²) in [6.07, 6.45) is 2.80. The second-order valence-corrected chi connectivity index (χ2v) is 8.18. The highest BCUT2D eigenvalue weighted by Crippen LogP contribution is 2.29. The van der Waals surface area contributed by atoms with Gasteiger partial charge in [0.05, 0.1) is 19.3 Å². The Balaban J connectivity index is 1.37. The van der Waals surface area contributed by atoms with E-state index in [0.29, 0.717) is 12.4 Å². The summed E-state index contributed by atoms with van der Waals surface area (Å²) in [5.74, 6) is 1.46. The van der Waals surface area contributed by atoms with Gasteiger partial charge in [0.25, 0.3) is 5.91 Å². The van der Waals surface area contributed by atoms with Crippen LogP contribution in [0.25, 0.3) is 0 Å². The van der Waals surface area contributed by atoms with Crippen LogP contribution in [0.4, 0.5) is 5.82 Å². The largest absolute Gasteiger partial charge is 0.508 e. The summed E-state index contributed by atoms with van der Waals surface area (Å²) >= 11 is 0. The Morgan fingerprint density at radius 2 is 1.91 bits per heavy atom. The molecule has 1 aromatic heterocycles. The Morgan fingerprint density at radius 1 is 1.15 bits per heavy atom. The summed E-state index contributed by atoms with van der Waals surface area (Å²) in [5.41, 5.74) is 1.66. The van der Waals surface area contributed by atoms with Crippen molar-refractivity contribution in [2.75, 3.05) is 32.6 Å². The number of phenolic OH excluding ortho intramolecular Hbond substituents is 1. The van der Waals surface area contributed by atoms with E-state index in [2.05, 4.69) is 15.3 Å². The maximum atomic E-state index is 12.9. The number of phenols is 1. The summed E-state index contributed by atoms with van der Waals surface area (Å²) in [7, 11) is 3.15. The van der Waals surface area contributed by atoms with E-state index in [1.54, 1.807) is 25.4 Å². The molecule has 33 heavy (non-hydrogen) atoms. The van der Waals surface area contributed by atoms with Gasteiger partial charge in [-0.2, -0.15) is 5.10 Å². The number of anilines is 1. The van der Waals surface area contributed by atoms with E-state index >= 15 is 0 Å². The lowest BCUT2D eigenvalue weighted by atomic mass is 10.0. The van der Waals surface area contributed by atoms with Crippen LogP contribution in [0.15, 0.2) is 60.8 Å². The Bertz CT molecular complexity index is 1060. The molecular formula is C25H30N4O4. The number of nitrogens with zero attached hydrogens (tertiary/aromatic N) is 3. The summed E-state index contributed by atoms with van der Waals surface area (Å²) in [6, 6.07) is 16.7. The zero-order valence-corrected chi connectivity index (χ0v) is 19.0. The van der Waals surface area contributed by atoms with Crippen molar-refractivity contribution in [1.29, 1.82) is 0 Å². The first-order valence-electron chi connectivity index (χ1n) is 11.1. The molecule has 0 bridgehead atoms. The smallest absolute Gasteiger partial charge is 0.259 e.